The number of aliphatic hydroxyl groups excluding tert-OH is 1. The highest BCUT2D eigenvalue weighted by atomic mass is 16.5. The van der Waals surface area contributed by atoms with E-state index >= 15 is 0 Å². The Bertz CT molecular complexity index is 634. The lowest BCUT2D eigenvalue weighted by atomic mass is 9.90. The SMILES string of the molecule is C[C@]1(CO)CO[C@@H](n2cnc3c(=O)[nH]cnc32)C1. The van der Waals surface area contributed by atoms with E-state index in [1.807, 2.05) is 6.92 Å². The van der Waals surface area contributed by atoms with Crippen molar-refractivity contribution in [2.75, 3.05) is 13.2 Å². The Morgan fingerprint density at radius 1 is 1.67 bits per heavy atom. The molecule has 0 bridgehead atoms. The maximum atomic E-state index is 11.5. The summed E-state index contributed by atoms with van der Waals surface area (Å²) in [6, 6.07) is 0. The number of imidazole rings is 1. The van der Waals surface area contributed by atoms with Gasteiger partial charge < -0.3 is 14.8 Å². The van der Waals surface area contributed by atoms with E-state index in [0.29, 0.717) is 24.2 Å². The molecule has 0 saturated carbocycles. The van der Waals surface area contributed by atoms with Crippen molar-refractivity contribution in [1.29, 1.82) is 0 Å². The minimum absolute atomic E-state index is 0.0736. The number of fused-ring (bicyclic) bond motifs is 1. The van der Waals surface area contributed by atoms with Crippen molar-refractivity contribution >= 4 is 11.2 Å². The van der Waals surface area contributed by atoms with Crippen LogP contribution >= 0.6 is 0 Å². The van der Waals surface area contributed by atoms with Crippen LogP contribution in [0.15, 0.2) is 17.4 Å². The number of aromatic nitrogens is 4. The minimum Gasteiger partial charge on any atom is -0.396 e. The summed E-state index contributed by atoms with van der Waals surface area (Å²) >= 11 is 0. The molecule has 1 saturated heterocycles. The Morgan fingerprint density at radius 3 is 3.22 bits per heavy atom. The molecule has 3 rings (SSSR count). The Kier molecular flexibility index (Phi) is 2.46. The van der Waals surface area contributed by atoms with Crippen molar-refractivity contribution in [2.24, 2.45) is 5.41 Å². The second-order valence-electron chi connectivity index (χ2n) is 4.99. The predicted molar refractivity (Wildman–Crippen MR) is 62.9 cm³/mol. The second-order valence-corrected chi connectivity index (χ2v) is 4.99. The molecule has 7 nitrogen and oxygen atoms in total. The number of aliphatic hydroxyl groups is 1. The highest BCUT2D eigenvalue weighted by Gasteiger charge is 2.37. The van der Waals surface area contributed by atoms with Gasteiger partial charge in [0.2, 0.25) is 0 Å². The molecule has 0 spiro atoms. The zero-order chi connectivity index (χ0) is 12.8. The summed E-state index contributed by atoms with van der Waals surface area (Å²) in [5, 5.41) is 9.32. The van der Waals surface area contributed by atoms with Crippen LogP contribution in [0.4, 0.5) is 0 Å². The van der Waals surface area contributed by atoms with Crippen LogP contribution in [0.25, 0.3) is 11.2 Å². The minimum atomic E-state index is -0.262. The molecule has 0 aromatic carbocycles. The fraction of sp³-hybridized carbons (Fsp3) is 0.545. The number of hydrogen-bond donors (Lipinski definition) is 2. The summed E-state index contributed by atoms with van der Waals surface area (Å²) in [6.45, 7) is 2.52. The molecule has 2 aromatic rings. The molecule has 2 atom stereocenters. The van der Waals surface area contributed by atoms with Gasteiger partial charge in [0.1, 0.15) is 6.23 Å². The largest absolute Gasteiger partial charge is 0.396 e. The zero-order valence-corrected chi connectivity index (χ0v) is 9.96. The number of nitrogens with one attached hydrogen (secondary N) is 1. The van der Waals surface area contributed by atoms with Gasteiger partial charge in [-0.3, -0.25) is 9.36 Å². The van der Waals surface area contributed by atoms with Crippen molar-refractivity contribution in [3.05, 3.63) is 23.0 Å². The third kappa shape index (κ3) is 1.63. The first-order chi connectivity index (χ1) is 8.63. The van der Waals surface area contributed by atoms with Gasteiger partial charge in [-0.15, -0.1) is 0 Å². The average Bonchev–Trinajstić information content (AvgIpc) is 2.94. The van der Waals surface area contributed by atoms with Crippen molar-refractivity contribution in [2.45, 2.75) is 19.6 Å². The van der Waals surface area contributed by atoms with E-state index in [9.17, 15) is 9.90 Å². The standard InChI is InChI=1S/C11H14N4O3/c1-11(3-16)2-7(18-4-11)15-6-14-8-9(15)12-5-13-10(8)17/h5-7,16H,2-4H2,1H3,(H,12,13,17)/t7-,11+/m1/s1. The van der Waals surface area contributed by atoms with Gasteiger partial charge in [-0.2, -0.15) is 0 Å². The van der Waals surface area contributed by atoms with E-state index in [0.717, 1.165) is 0 Å². The molecule has 96 valence electrons. The van der Waals surface area contributed by atoms with E-state index in [-0.39, 0.29) is 23.8 Å². The quantitative estimate of drug-likeness (QED) is 0.784. The van der Waals surface area contributed by atoms with E-state index in [4.69, 9.17) is 4.74 Å². The fourth-order valence-electron chi connectivity index (χ4n) is 2.20. The van der Waals surface area contributed by atoms with Crippen LogP contribution in [0.1, 0.15) is 19.6 Å². The molecule has 1 aliphatic heterocycles. The fourth-order valence-corrected chi connectivity index (χ4v) is 2.20. The maximum absolute atomic E-state index is 11.5. The van der Waals surface area contributed by atoms with Gasteiger partial charge in [-0.1, -0.05) is 6.92 Å². The number of ether oxygens (including phenoxy) is 1. The van der Waals surface area contributed by atoms with Crippen molar-refractivity contribution in [3.8, 4) is 0 Å². The summed E-state index contributed by atoms with van der Waals surface area (Å²) < 4.78 is 7.40. The van der Waals surface area contributed by atoms with E-state index in [1.165, 1.54) is 6.33 Å². The Morgan fingerprint density at radius 2 is 2.50 bits per heavy atom. The number of rotatable bonds is 2. The lowest BCUT2D eigenvalue weighted by molar-refractivity contribution is 0.0464. The highest BCUT2D eigenvalue weighted by molar-refractivity contribution is 5.68. The average molecular weight is 250 g/mol. The first-order valence-electron chi connectivity index (χ1n) is 5.76. The molecular weight excluding hydrogens is 236 g/mol. The number of hydrogen-bond acceptors (Lipinski definition) is 5. The molecule has 1 aliphatic rings. The molecule has 2 N–H and O–H groups in total. The summed E-state index contributed by atoms with van der Waals surface area (Å²) in [4.78, 5) is 22.2. The topological polar surface area (TPSA) is 93.0 Å². The summed E-state index contributed by atoms with van der Waals surface area (Å²) in [5.41, 5.74) is 0.300. The normalized spacial score (nSPS) is 28.0. The lowest BCUT2D eigenvalue weighted by Crippen LogP contribution is -2.21. The van der Waals surface area contributed by atoms with Gasteiger partial charge in [0.15, 0.2) is 11.2 Å². The number of H-pyrrole nitrogens is 1. The van der Waals surface area contributed by atoms with Gasteiger partial charge >= 0.3 is 0 Å². The molecule has 18 heavy (non-hydrogen) atoms. The van der Waals surface area contributed by atoms with Crippen molar-refractivity contribution in [3.63, 3.8) is 0 Å². The maximum Gasteiger partial charge on any atom is 0.278 e. The molecule has 1 fully saturated rings. The van der Waals surface area contributed by atoms with Gasteiger partial charge in [-0.05, 0) is 0 Å². The molecule has 7 heteroatoms. The molecule has 2 aromatic heterocycles. The van der Waals surface area contributed by atoms with Crippen LogP contribution in [-0.2, 0) is 4.74 Å². The Labute approximate surface area is 102 Å². The Balaban J connectivity index is 2.02. The third-order valence-corrected chi connectivity index (χ3v) is 3.35. The van der Waals surface area contributed by atoms with Gasteiger partial charge in [-0.25, -0.2) is 9.97 Å². The van der Waals surface area contributed by atoms with Crippen LogP contribution in [0.2, 0.25) is 0 Å². The third-order valence-electron chi connectivity index (χ3n) is 3.35. The second kappa shape index (κ2) is 3.89. The predicted octanol–water partition coefficient (Wildman–Crippen LogP) is 0.0371. The smallest absolute Gasteiger partial charge is 0.278 e. The van der Waals surface area contributed by atoms with Crippen molar-refractivity contribution in [1.82, 2.24) is 19.5 Å². The molecular formula is C11H14N4O3. The summed E-state index contributed by atoms with van der Waals surface area (Å²) in [7, 11) is 0. The first kappa shape index (κ1) is 11.4. The van der Waals surface area contributed by atoms with Crippen molar-refractivity contribution < 1.29 is 9.84 Å². The lowest BCUT2D eigenvalue weighted by Gasteiger charge is -2.17. The zero-order valence-electron chi connectivity index (χ0n) is 9.96. The monoisotopic (exact) mass is 250 g/mol. The van der Waals surface area contributed by atoms with Crippen LogP contribution in [0.3, 0.4) is 0 Å². The van der Waals surface area contributed by atoms with E-state index in [2.05, 4.69) is 15.0 Å². The first-order valence-corrected chi connectivity index (χ1v) is 5.76. The summed E-state index contributed by atoms with van der Waals surface area (Å²) in [5.74, 6) is 0. The molecule has 0 radical (unpaired) electrons. The van der Waals surface area contributed by atoms with Gasteiger partial charge in [0.25, 0.3) is 5.56 Å². The van der Waals surface area contributed by atoms with Gasteiger partial charge in [0, 0.05) is 11.8 Å². The highest BCUT2D eigenvalue weighted by Crippen LogP contribution is 2.37. The number of nitrogens with zero attached hydrogens (tertiary/aromatic N) is 3. The molecule has 0 aliphatic carbocycles. The number of aromatic amines is 1. The van der Waals surface area contributed by atoms with Crippen LogP contribution in [-0.4, -0.2) is 37.8 Å². The van der Waals surface area contributed by atoms with Crippen LogP contribution in [0, 0.1) is 5.41 Å². The van der Waals surface area contributed by atoms with E-state index in [1.54, 1.807) is 10.9 Å². The molecule has 0 unspecified atom stereocenters. The summed E-state index contributed by atoms with van der Waals surface area (Å²) in [6.07, 6.45) is 3.34. The van der Waals surface area contributed by atoms with E-state index < -0.39 is 0 Å². The van der Waals surface area contributed by atoms with Crippen LogP contribution < -0.4 is 5.56 Å². The molecule has 0 amide bonds. The van der Waals surface area contributed by atoms with Gasteiger partial charge in [0.05, 0.1) is 25.9 Å². The molecule has 3 heterocycles. The Hall–Kier alpha value is -1.73. The van der Waals surface area contributed by atoms with Crippen LogP contribution in [0.5, 0.6) is 0 Å².